The van der Waals surface area contributed by atoms with Gasteiger partial charge >= 0.3 is 6.09 Å². The molecule has 0 spiro atoms. The molecule has 3 heterocycles. The van der Waals surface area contributed by atoms with Crippen molar-refractivity contribution in [3.63, 3.8) is 0 Å². The normalized spacial score (nSPS) is 10.5. The maximum absolute atomic E-state index is 13.0. The molecule has 1 N–H and O–H groups in total. The molecule has 0 atom stereocenters. The number of nitrogens with zero attached hydrogens (tertiary/aromatic N) is 5. The number of aryl methyl sites for hydroxylation is 1. The Bertz CT molecular complexity index is 1400. The Hall–Kier alpha value is -4.71. The summed E-state index contributed by atoms with van der Waals surface area (Å²) >= 11 is 0. The van der Waals surface area contributed by atoms with Crippen LogP contribution in [0, 0.1) is 18.3 Å². The van der Waals surface area contributed by atoms with E-state index in [1.165, 1.54) is 7.11 Å². The van der Waals surface area contributed by atoms with Crippen molar-refractivity contribution in [1.82, 2.24) is 14.4 Å². The number of fused-ring (bicyclic) bond motifs is 1. The van der Waals surface area contributed by atoms with Crippen LogP contribution in [0.1, 0.15) is 21.5 Å². The molecule has 4 rings (SSSR count). The fourth-order valence-corrected chi connectivity index (χ4v) is 3.39. The van der Waals surface area contributed by atoms with Crippen LogP contribution in [0.15, 0.2) is 61.1 Å². The van der Waals surface area contributed by atoms with Gasteiger partial charge in [0.15, 0.2) is 0 Å². The summed E-state index contributed by atoms with van der Waals surface area (Å²) in [6.45, 7) is 1.80. The number of amides is 2. The lowest BCUT2D eigenvalue weighted by atomic mass is 10.1. The van der Waals surface area contributed by atoms with Crippen molar-refractivity contribution >= 4 is 29.2 Å². The van der Waals surface area contributed by atoms with E-state index < -0.39 is 6.09 Å². The first kappa shape index (κ1) is 21.5. The molecule has 0 aliphatic heterocycles. The largest absolute Gasteiger partial charge is 0.453 e. The lowest BCUT2D eigenvalue weighted by molar-refractivity contribution is 0.0992. The van der Waals surface area contributed by atoms with E-state index in [9.17, 15) is 9.59 Å². The molecular weight excluding hydrogens is 420 g/mol. The van der Waals surface area contributed by atoms with Crippen molar-refractivity contribution in [2.24, 2.45) is 0 Å². The van der Waals surface area contributed by atoms with Crippen molar-refractivity contribution in [2.75, 3.05) is 24.4 Å². The Morgan fingerprint density at radius 3 is 2.61 bits per heavy atom. The minimum atomic E-state index is -0.597. The number of anilines is 2. The Labute approximate surface area is 189 Å². The number of nitriles is 1. The molecule has 2 amide bonds. The van der Waals surface area contributed by atoms with Crippen LogP contribution in [0.25, 0.3) is 16.9 Å². The van der Waals surface area contributed by atoms with E-state index in [1.807, 2.05) is 28.8 Å². The monoisotopic (exact) mass is 440 g/mol. The van der Waals surface area contributed by atoms with Crippen LogP contribution in [-0.4, -0.2) is 40.5 Å². The summed E-state index contributed by atoms with van der Waals surface area (Å²) in [6, 6.07) is 14.3. The van der Waals surface area contributed by atoms with Gasteiger partial charge in [-0.15, -0.1) is 0 Å². The summed E-state index contributed by atoms with van der Waals surface area (Å²) < 4.78 is 6.44. The van der Waals surface area contributed by atoms with Gasteiger partial charge in [0.25, 0.3) is 5.91 Å². The average molecular weight is 440 g/mol. The van der Waals surface area contributed by atoms with Gasteiger partial charge in [0.1, 0.15) is 11.5 Å². The van der Waals surface area contributed by atoms with E-state index in [1.54, 1.807) is 55.5 Å². The lowest BCUT2D eigenvalue weighted by Gasteiger charge is -2.18. The Balaban J connectivity index is 1.64. The first-order valence-corrected chi connectivity index (χ1v) is 9.98. The van der Waals surface area contributed by atoms with Crippen LogP contribution in [0.2, 0.25) is 0 Å². The maximum Gasteiger partial charge on any atom is 0.412 e. The number of imidazole rings is 1. The zero-order valence-electron chi connectivity index (χ0n) is 18.2. The molecule has 9 nitrogen and oxygen atoms in total. The molecule has 164 valence electrons. The van der Waals surface area contributed by atoms with Gasteiger partial charge < -0.3 is 9.64 Å². The second-order valence-corrected chi connectivity index (χ2v) is 7.31. The summed E-state index contributed by atoms with van der Waals surface area (Å²) in [5.41, 5.74) is 4.73. The molecule has 0 saturated heterocycles. The fraction of sp³-hybridized carbons (Fsp3) is 0.125. The van der Waals surface area contributed by atoms with Gasteiger partial charge in [-0.1, -0.05) is 0 Å². The number of hydrogen-bond donors (Lipinski definition) is 1. The van der Waals surface area contributed by atoms with Crippen molar-refractivity contribution < 1.29 is 14.3 Å². The van der Waals surface area contributed by atoms with Gasteiger partial charge in [-0.2, -0.15) is 5.26 Å². The van der Waals surface area contributed by atoms with E-state index in [-0.39, 0.29) is 5.91 Å². The molecule has 4 aromatic rings. The van der Waals surface area contributed by atoms with Crippen LogP contribution < -0.4 is 10.2 Å². The quantitative estimate of drug-likeness (QED) is 0.513. The SMILES string of the molecule is COC(=O)Nc1ccc(-c2cnc3ccc(N(C)C(=O)c4ccc(C#N)c(C)c4)cn23)cn1. The van der Waals surface area contributed by atoms with Crippen LogP contribution in [0.3, 0.4) is 0 Å². The highest BCUT2D eigenvalue weighted by molar-refractivity contribution is 6.06. The van der Waals surface area contributed by atoms with Crippen LogP contribution in [0.5, 0.6) is 0 Å². The molecule has 0 aliphatic carbocycles. The van der Waals surface area contributed by atoms with Gasteiger partial charge in [0, 0.05) is 30.6 Å². The van der Waals surface area contributed by atoms with Crippen LogP contribution in [0.4, 0.5) is 16.3 Å². The highest BCUT2D eigenvalue weighted by Crippen LogP contribution is 2.25. The number of carbonyl (C=O) groups excluding carboxylic acids is 2. The Kier molecular flexibility index (Phi) is 5.74. The average Bonchev–Trinajstić information content (AvgIpc) is 3.26. The molecule has 33 heavy (non-hydrogen) atoms. The van der Waals surface area contributed by atoms with Gasteiger partial charge in [-0.3, -0.25) is 14.5 Å². The summed E-state index contributed by atoms with van der Waals surface area (Å²) in [4.78, 5) is 34.6. The van der Waals surface area contributed by atoms with Gasteiger partial charge in [-0.05, 0) is 55.0 Å². The summed E-state index contributed by atoms with van der Waals surface area (Å²) in [5, 5.41) is 11.6. The minimum Gasteiger partial charge on any atom is -0.453 e. The number of aromatic nitrogens is 3. The van der Waals surface area contributed by atoms with Gasteiger partial charge in [0.2, 0.25) is 0 Å². The van der Waals surface area contributed by atoms with Gasteiger partial charge in [0.05, 0.1) is 36.3 Å². The summed E-state index contributed by atoms with van der Waals surface area (Å²) in [7, 11) is 2.98. The van der Waals surface area contributed by atoms with Crippen molar-refractivity contribution in [3.8, 4) is 17.3 Å². The van der Waals surface area contributed by atoms with E-state index in [0.29, 0.717) is 28.3 Å². The van der Waals surface area contributed by atoms with Crippen LogP contribution in [-0.2, 0) is 4.74 Å². The third kappa shape index (κ3) is 4.22. The number of hydrogen-bond acceptors (Lipinski definition) is 6. The first-order valence-electron chi connectivity index (χ1n) is 9.98. The number of ether oxygens (including phenoxy) is 1. The van der Waals surface area contributed by atoms with E-state index in [4.69, 9.17) is 5.26 Å². The van der Waals surface area contributed by atoms with Crippen LogP contribution >= 0.6 is 0 Å². The fourth-order valence-electron chi connectivity index (χ4n) is 3.39. The molecule has 0 aliphatic rings. The highest BCUT2D eigenvalue weighted by Gasteiger charge is 2.16. The number of rotatable bonds is 4. The minimum absolute atomic E-state index is 0.191. The predicted molar refractivity (Wildman–Crippen MR) is 123 cm³/mol. The highest BCUT2D eigenvalue weighted by atomic mass is 16.5. The Morgan fingerprint density at radius 1 is 1.12 bits per heavy atom. The molecule has 0 fully saturated rings. The first-order chi connectivity index (χ1) is 15.9. The van der Waals surface area contributed by atoms with E-state index in [2.05, 4.69) is 26.1 Å². The summed E-state index contributed by atoms with van der Waals surface area (Å²) in [5.74, 6) is 0.173. The maximum atomic E-state index is 13.0. The second-order valence-electron chi connectivity index (χ2n) is 7.31. The lowest BCUT2D eigenvalue weighted by Crippen LogP contribution is -2.26. The van der Waals surface area contributed by atoms with Gasteiger partial charge in [-0.25, -0.2) is 14.8 Å². The standard InChI is InChI=1S/C24H20N6O3/c1-15-10-16(4-5-17(15)11-25)23(31)29(2)19-7-9-22-27-13-20(30(22)14-19)18-6-8-21(26-12-18)28-24(32)33-3/h4-10,12-14H,1-3H3,(H,26,28,32). The zero-order chi connectivity index (χ0) is 23.5. The Morgan fingerprint density at radius 2 is 1.94 bits per heavy atom. The third-order valence-corrected chi connectivity index (χ3v) is 5.25. The summed E-state index contributed by atoms with van der Waals surface area (Å²) in [6.07, 6.45) is 4.57. The number of nitrogens with one attached hydrogen (secondary N) is 1. The molecule has 0 bridgehead atoms. The van der Waals surface area contributed by atoms with Crippen molar-refractivity contribution in [3.05, 3.63) is 77.7 Å². The predicted octanol–water partition coefficient (Wildman–Crippen LogP) is 4.03. The zero-order valence-corrected chi connectivity index (χ0v) is 18.2. The molecule has 1 aromatic carbocycles. The molecule has 0 unspecified atom stereocenters. The number of benzene rings is 1. The molecule has 9 heteroatoms. The molecule has 0 saturated carbocycles. The molecule has 3 aromatic heterocycles. The van der Waals surface area contributed by atoms with Crippen molar-refractivity contribution in [1.29, 1.82) is 5.26 Å². The third-order valence-electron chi connectivity index (χ3n) is 5.25. The second kappa shape index (κ2) is 8.80. The molecular formula is C24H20N6O3. The molecule has 0 radical (unpaired) electrons. The number of carbonyl (C=O) groups is 2. The number of methoxy groups -OCH3 is 1. The van der Waals surface area contributed by atoms with E-state index >= 15 is 0 Å². The topological polar surface area (TPSA) is 113 Å². The van der Waals surface area contributed by atoms with Crippen molar-refractivity contribution in [2.45, 2.75) is 6.92 Å². The van der Waals surface area contributed by atoms with E-state index in [0.717, 1.165) is 16.8 Å². The smallest absolute Gasteiger partial charge is 0.412 e. The number of pyridine rings is 2.